The molecule has 0 atom stereocenters. The largest absolute Gasteiger partial charge is 0.468 e. The summed E-state index contributed by atoms with van der Waals surface area (Å²) in [6.45, 7) is 0.802. The van der Waals surface area contributed by atoms with Gasteiger partial charge in [0.1, 0.15) is 12.8 Å². The number of esters is 1. The number of halogens is 3. The Kier molecular flexibility index (Phi) is 6.07. The molecule has 0 aromatic carbocycles. The summed E-state index contributed by atoms with van der Waals surface area (Å²) in [5.41, 5.74) is -1.57. The standard InChI is InChI=1S/C10H13F3N2O3/c1-7(8(4-5-16)10(11,12)13)14-15(2)6-9(17)18-3/h4-5H,6H2,1-3H3/b8-4+,14-7-. The molecule has 0 amide bonds. The van der Waals surface area contributed by atoms with Crippen LogP contribution in [-0.2, 0) is 14.3 Å². The highest BCUT2D eigenvalue weighted by Crippen LogP contribution is 2.26. The number of ether oxygens (including phenoxy) is 1. The summed E-state index contributed by atoms with van der Waals surface area (Å²) >= 11 is 0. The number of likely N-dealkylation sites (N-methyl/N-ethyl adjacent to an activating group) is 1. The Bertz CT molecular complexity index is 375. The fraction of sp³-hybridized carbons (Fsp3) is 0.500. The molecule has 0 rings (SSSR count). The second kappa shape index (κ2) is 6.77. The highest BCUT2D eigenvalue weighted by Gasteiger charge is 2.35. The average molecular weight is 266 g/mol. The summed E-state index contributed by atoms with van der Waals surface area (Å²) < 4.78 is 41.9. The third-order valence-electron chi connectivity index (χ3n) is 1.84. The molecule has 0 unspecified atom stereocenters. The first-order valence-electron chi connectivity index (χ1n) is 4.78. The smallest absolute Gasteiger partial charge is 0.418 e. The number of nitrogens with zero attached hydrogens (tertiary/aromatic N) is 2. The molecular formula is C10H13F3N2O3. The Balaban J connectivity index is 4.99. The molecule has 0 aromatic rings. The lowest BCUT2D eigenvalue weighted by Crippen LogP contribution is -2.26. The number of hydrogen-bond donors (Lipinski definition) is 0. The van der Waals surface area contributed by atoms with Crippen molar-refractivity contribution < 1.29 is 27.5 Å². The molecule has 0 bridgehead atoms. The van der Waals surface area contributed by atoms with Crippen LogP contribution in [0.15, 0.2) is 16.8 Å². The molecule has 0 spiro atoms. The van der Waals surface area contributed by atoms with Crippen LogP contribution in [0.2, 0.25) is 0 Å². The molecular weight excluding hydrogens is 253 g/mol. The summed E-state index contributed by atoms with van der Waals surface area (Å²) in [7, 11) is 2.47. The van der Waals surface area contributed by atoms with Gasteiger partial charge in [-0.1, -0.05) is 0 Å². The minimum Gasteiger partial charge on any atom is -0.468 e. The number of hydrazone groups is 1. The van der Waals surface area contributed by atoms with E-state index in [-0.39, 0.29) is 12.8 Å². The van der Waals surface area contributed by atoms with Gasteiger partial charge >= 0.3 is 12.1 Å². The first-order chi connectivity index (χ1) is 8.22. The summed E-state index contributed by atoms with van der Waals surface area (Å²) in [6, 6.07) is 0. The fourth-order valence-electron chi connectivity index (χ4n) is 1.08. The van der Waals surface area contributed by atoms with Crippen LogP contribution < -0.4 is 0 Å². The van der Waals surface area contributed by atoms with Crippen LogP contribution >= 0.6 is 0 Å². The van der Waals surface area contributed by atoms with Gasteiger partial charge in [0, 0.05) is 7.05 Å². The summed E-state index contributed by atoms with van der Waals surface area (Å²) in [5, 5.41) is 4.54. The maximum atomic E-state index is 12.5. The van der Waals surface area contributed by atoms with Crippen LogP contribution in [0.1, 0.15) is 6.92 Å². The van der Waals surface area contributed by atoms with E-state index in [9.17, 15) is 22.8 Å². The molecule has 0 radical (unpaired) electrons. The van der Waals surface area contributed by atoms with Crippen molar-refractivity contribution in [3.05, 3.63) is 11.6 Å². The van der Waals surface area contributed by atoms with Gasteiger partial charge in [-0.2, -0.15) is 18.3 Å². The van der Waals surface area contributed by atoms with Crippen molar-refractivity contribution in [2.45, 2.75) is 13.1 Å². The molecule has 8 heteroatoms. The van der Waals surface area contributed by atoms with E-state index in [1.54, 1.807) is 0 Å². The van der Waals surface area contributed by atoms with E-state index in [1.165, 1.54) is 7.05 Å². The van der Waals surface area contributed by atoms with Crippen molar-refractivity contribution in [1.82, 2.24) is 5.01 Å². The quantitative estimate of drug-likeness (QED) is 0.246. The Labute approximate surface area is 102 Å². The van der Waals surface area contributed by atoms with Gasteiger partial charge in [0.15, 0.2) is 0 Å². The lowest BCUT2D eigenvalue weighted by Gasteiger charge is -2.15. The van der Waals surface area contributed by atoms with Crippen molar-refractivity contribution in [2.75, 3.05) is 20.7 Å². The average Bonchev–Trinajstić information content (AvgIpc) is 2.23. The van der Waals surface area contributed by atoms with Gasteiger partial charge < -0.3 is 4.74 Å². The lowest BCUT2D eigenvalue weighted by molar-refractivity contribution is -0.141. The van der Waals surface area contributed by atoms with Gasteiger partial charge in [0.25, 0.3) is 0 Å². The van der Waals surface area contributed by atoms with E-state index >= 15 is 0 Å². The second-order valence-corrected chi connectivity index (χ2v) is 3.29. The maximum Gasteiger partial charge on any atom is 0.418 e. The molecule has 0 aliphatic heterocycles. The zero-order chi connectivity index (χ0) is 14.3. The molecule has 18 heavy (non-hydrogen) atoms. The van der Waals surface area contributed by atoms with Crippen LogP contribution in [0.3, 0.4) is 0 Å². The number of carbonyl (C=O) groups is 2. The molecule has 0 aliphatic carbocycles. The predicted octanol–water partition coefficient (Wildman–Crippen LogP) is 1.15. The predicted molar refractivity (Wildman–Crippen MR) is 58.0 cm³/mol. The van der Waals surface area contributed by atoms with E-state index < -0.39 is 23.4 Å². The van der Waals surface area contributed by atoms with Gasteiger partial charge in [0.05, 0.1) is 18.4 Å². The van der Waals surface area contributed by atoms with Crippen LogP contribution in [-0.4, -0.2) is 49.9 Å². The van der Waals surface area contributed by atoms with E-state index in [0.29, 0.717) is 6.08 Å². The molecule has 0 fully saturated rings. The Hall–Kier alpha value is -1.86. The van der Waals surface area contributed by atoms with E-state index in [4.69, 9.17) is 0 Å². The zero-order valence-corrected chi connectivity index (χ0v) is 10.1. The van der Waals surface area contributed by atoms with Crippen molar-refractivity contribution >= 4 is 18.0 Å². The lowest BCUT2D eigenvalue weighted by atomic mass is 10.1. The topological polar surface area (TPSA) is 59.0 Å². The minimum atomic E-state index is -4.68. The van der Waals surface area contributed by atoms with E-state index in [2.05, 4.69) is 9.84 Å². The van der Waals surface area contributed by atoms with Crippen molar-refractivity contribution in [3.63, 3.8) is 0 Å². The Morgan fingerprint density at radius 3 is 2.39 bits per heavy atom. The molecule has 102 valence electrons. The summed E-state index contributed by atoms with van der Waals surface area (Å²) in [5.74, 6) is -0.637. The summed E-state index contributed by atoms with van der Waals surface area (Å²) in [6.07, 6.45) is -4.27. The normalized spacial score (nSPS) is 13.2. The van der Waals surface area contributed by atoms with Crippen molar-refractivity contribution in [2.24, 2.45) is 5.10 Å². The first kappa shape index (κ1) is 16.1. The third-order valence-corrected chi connectivity index (χ3v) is 1.84. The fourth-order valence-corrected chi connectivity index (χ4v) is 1.08. The van der Waals surface area contributed by atoms with Crippen LogP contribution in [0.5, 0.6) is 0 Å². The first-order valence-corrected chi connectivity index (χ1v) is 4.78. The zero-order valence-electron chi connectivity index (χ0n) is 10.1. The number of alkyl halides is 3. The highest BCUT2D eigenvalue weighted by molar-refractivity contribution is 6.01. The van der Waals surface area contributed by atoms with Gasteiger partial charge in [-0.15, -0.1) is 0 Å². The number of allylic oxidation sites excluding steroid dienone is 2. The van der Waals surface area contributed by atoms with Gasteiger partial charge in [-0.3, -0.25) is 14.6 Å². The number of rotatable bonds is 5. The second-order valence-electron chi connectivity index (χ2n) is 3.29. The van der Waals surface area contributed by atoms with Crippen LogP contribution in [0.4, 0.5) is 13.2 Å². The van der Waals surface area contributed by atoms with Crippen LogP contribution in [0.25, 0.3) is 0 Å². The van der Waals surface area contributed by atoms with Crippen LogP contribution in [0, 0.1) is 0 Å². The molecule has 0 aromatic heterocycles. The minimum absolute atomic E-state index is 0.0299. The Morgan fingerprint density at radius 2 is 2.00 bits per heavy atom. The molecule has 5 nitrogen and oxygen atoms in total. The third kappa shape index (κ3) is 5.46. The molecule has 0 aliphatic rings. The van der Waals surface area contributed by atoms with Crippen molar-refractivity contribution in [1.29, 1.82) is 0 Å². The van der Waals surface area contributed by atoms with Gasteiger partial charge in [0.2, 0.25) is 0 Å². The van der Waals surface area contributed by atoms with Gasteiger partial charge in [-0.25, -0.2) is 0 Å². The Morgan fingerprint density at radius 1 is 1.44 bits per heavy atom. The molecule has 0 saturated carbocycles. The number of methoxy groups -OCH3 is 1. The van der Waals surface area contributed by atoms with E-state index in [0.717, 1.165) is 19.0 Å². The van der Waals surface area contributed by atoms with Crippen molar-refractivity contribution in [3.8, 4) is 0 Å². The number of aldehydes is 1. The molecule has 0 heterocycles. The molecule has 0 N–H and O–H groups in total. The number of hydrogen-bond acceptors (Lipinski definition) is 5. The molecule has 0 saturated heterocycles. The van der Waals surface area contributed by atoms with Gasteiger partial charge in [-0.05, 0) is 13.0 Å². The summed E-state index contributed by atoms with van der Waals surface area (Å²) in [4.78, 5) is 21.0. The van der Waals surface area contributed by atoms with E-state index in [1.807, 2.05) is 0 Å². The number of carbonyl (C=O) groups excluding carboxylic acids is 2. The highest BCUT2D eigenvalue weighted by atomic mass is 19.4. The monoisotopic (exact) mass is 266 g/mol. The maximum absolute atomic E-state index is 12.5. The SMILES string of the molecule is COC(=O)CN(C)/N=C(C)\C(=C/C=O)C(F)(F)F.